The summed E-state index contributed by atoms with van der Waals surface area (Å²) < 4.78 is 0. The standard InChI is InChI=1S/C16H20N4O/c1-16(8-2-3-14(16)17)15(21)20-12-6-4-11(5-7-12)13-9-18-10-19-13/h4-7,9-10,14H,2-3,8,17H2,1H3,(H,18,19)(H,20,21). The summed E-state index contributed by atoms with van der Waals surface area (Å²) in [6.45, 7) is 1.96. The quantitative estimate of drug-likeness (QED) is 0.809. The topological polar surface area (TPSA) is 83.8 Å². The molecular formula is C16H20N4O. The molecule has 2 atom stereocenters. The summed E-state index contributed by atoms with van der Waals surface area (Å²) in [5, 5.41) is 2.98. The number of anilines is 1. The number of nitrogens with one attached hydrogen (secondary N) is 2. The van der Waals surface area contributed by atoms with Gasteiger partial charge in [0.05, 0.1) is 23.6 Å². The molecule has 2 aromatic rings. The number of imidazole rings is 1. The Kier molecular flexibility index (Phi) is 3.51. The number of amides is 1. The highest BCUT2D eigenvalue weighted by molar-refractivity contribution is 5.96. The van der Waals surface area contributed by atoms with Crippen molar-refractivity contribution in [2.24, 2.45) is 11.1 Å². The van der Waals surface area contributed by atoms with Crippen LogP contribution < -0.4 is 11.1 Å². The molecule has 1 amide bonds. The number of hydrogen-bond donors (Lipinski definition) is 3. The van der Waals surface area contributed by atoms with E-state index < -0.39 is 5.41 Å². The van der Waals surface area contributed by atoms with E-state index in [0.29, 0.717) is 0 Å². The van der Waals surface area contributed by atoms with Crippen molar-refractivity contribution in [2.45, 2.75) is 32.2 Å². The first-order valence-electron chi connectivity index (χ1n) is 7.25. The minimum atomic E-state index is -0.456. The normalized spacial score (nSPS) is 25.0. The highest BCUT2D eigenvalue weighted by Crippen LogP contribution is 2.37. The van der Waals surface area contributed by atoms with Crippen molar-refractivity contribution in [3.63, 3.8) is 0 Å². The second kappa shape index (κ2) is 5.33. The van der Waals surface area contributed by atoms with E-state index in [4.69, 9.17) is 5.73 Å². The first kappa shape index (κ1) is 13.8. The van der Waals surface area contributed by atoms with Crippen molar-refractivity contribution in [1.82, 2.24) is 9.97 Å². The van der Waals surface area contributed by atoms with E-state index in [1.165, 1.54) is 0 Å². The third-order valence-corrected chi connectivity index (χ3v) is 4.50. The predicted octanol–water partition coefficient (Wildman–Crippen LogP) is 2.53. The van der Waals surface area contributed by atoms with Gasteiger partial charge in [0.15, 0.2) is 0 Å². The summed E-state index contributed by atoms with van der Waals surface area (Å²) in [6.07, 6.45) is 6.21. The van der Waals surface area contributed by atoms with Gasteiger partial charge in [-0.05, 0) is 37.5 Å². The first-order chi connectivity index (χ1) is 10.1. The lowest BCUT2D eigenvalue weighted by atomic mass is 9.84. The molecule has 5 heteroatoms. The first-order valence-corrected chi connectivity index (χ1v) is 7.25. The molecule has 0 saturated heterocycles. The number of benzene rings is 1. The number of carbonyl (C=O) groups is 1. The largest absolute Gasteiger partial charge is 0.345 e. The minimum absolute atomic E-state index is 0.0155. The van der Waals surface area contributed by atoms with Crippen molar-refractivity contribution in [2.75, 3.05) is 5.32 Å². The zero-order chi connectivity index (χ0) is 14.9. The molecule has 2 unspecified atom stereocenters. The van der Waals surface area contributed by atoms with Crippen molar-refractivity contribution in [3.05, 3.63) is 36.8 Å². The monoisotopic (exact) mass is 284 g/mol. The molecule has 0 bridgehead atoms. The molecule has 0 radical (unpaired) electrons. The van der Waals surface area contributed by atoms with Crippen LogP contribution in [0.5, 0.6) is 0 Å². The number of nitrogens with zero attached hydrogens (tertiary/aromatic N) is 1. The highest BCUT2D eigenvalue weighted by atomic mass is 16.2. The average molecular weight is 284 g/mol. The van der Waals surface area contributed by atoms with Gasteiger partial charge in [0.25, 0.3) is 0 Å². The number of nitrogens with two attached hydrogens (primary N) is 1. The lowest BCUT2D eigenvalue weighted by molar-refractivity contribution is -0.125. The maximum absolute atomic E-state index is 12.5. The number of aromatic amines is 1. The summed E-state index contributed by atoms with van der Waals surface area (Å²) in [5.41, 5.74) is 8.42. The fourth-order valence-electron chi connectivity index (χ4n) is 2.90. The van der Waals surface area contributed by atoms with Gasteiger partial charge in [-0.25, -0.2) is 4.98 Å². The van der Waals surface area contributed by atoms with Crippen LogP contribution in [0.15, 0.2) is 36.8 Å². The third kappa shape index (κ3) is 2.56. The van der Waals surface area contributed by atoms with Gasteiger partial charge in [0.2, 0.25) is 5.91 Å². The minimum Gasteiger partial charge on any atom is -0.345 e. The van der Waals surface area contributed by atoms with Gasteiger partial charge in [-0.1, -0.05) is 18.6 Å². The van der Waals surface area contributed by atoms with Crippen LogP contribution in [-0.2, 0) is 4.79 Å². The highest BCUT2D eigenvalue weighted by Gasteiger charge is 2.42. The lowest BCUT2D eigenvalue weighted by Gasteiger charge is -2.27. The molecule has 110 valence electrons. The predicted molar refractivity (Wildman–Crippen MR) is 82.6 cm³/mol. The lowest BCUT2D eigenvalue weighted by Crippen LogP contribution is -2.44. The Labute approximate surface area is 124 Å². The van der Waals surface area contributed by atoms with E-state index in [2.05, 4.69) is 15.3 Å². The van der Waals surface area contributed by atoms with Crippen LogP contribution in [0.2, 0.25) is 0 Å². The molecule has 3 rings (SSSR count). The van der Waals surface area contributed by atoms with E-state index >= 15 is 0 Å². The van der Waals surface area contributed by atoms with Crippen molar-refractivity contribution in [3.8, 4) is 11.3 Å². The summed E-state index contributed by atoms with van der Waals surface area (Å²) in [7, 11) is 0. The number of hydrogen-bond acceptors (Lipinski definition) is 3. The molecule has 1 aliphatic carbocycles. The fourth-order valence-corrected chi connectivity index (χ4v) is 2.90. The van der Waals surface area contributed by atoms with Crippen LogP contribution in [0.3, 0.4) is 0 Å². The van der Waals surface area contributed by atoms with E-state index in [1.54, 1.807) is 12.5 Å². The summed E-state index contributed by atoms with van der Waals surface area (Å²) in [4.78, 5) is 19.5. The van der Waals surface area contributed by atoms with Crippen LogP contribution in [0, 0.1) is 5.41 Å². The number of aromatic nitrogens is 2. The van der Waals surface area contributed by atoms with Crippen LogP contribution >= 0.6 is 0 Å². The van der Waals surface area contributed by atoms with E-state index in [9.17, 15) is 4.79 Å². The summed E-state index contributed by atoms with van der Waals surface area (Å²) in [5.74, 6) is 0.0155. The Hall–Kier alpha value is -2.14. The summed E-state index contributed by atoms with van der Waals surface area (Å²) >= 11 is 0. The Morgan fingerprint density at radius 1 is 1.43 bits per heavy atom. The zero-order valence-electron chi connectivity index (χ0n) is 12.1. The van der Waals surface area contributed by atoms with Gasteiger partial charge in [0, 0.05) is 11.7 Å². The van der Waals surface area contributed by atoms with E-state index in [-0.39, 0.29) is 11.9 Å². The number of carbonyl (C=O) groups excluding carboxylic acids is 1. The van der Waals surface area contributed by atoms with E-state index in [0.717, 1.165) is 36.2 Å². The molecule has 1 aromatic carbocycles. The van der Waals surface area contributed by atoms with Gasteiger partial charge in [0.1, 0.15) is 0 Å². The Morgan fingerprint density at radius 2 is 2.19 bits per heavy atom. The molecule has 1 saturated carbocycles. The molecule has 5 nitrogen and oxygen atoms in total. The van der Waals surface area contributed by atoms with Crippen LogP contribution in [0.25, 0.3) is 11.3 Å². The number of H-pyrrole nitrogens is 1. The fraction of sp³-hybridized carbons (Fsp3) is 0.375. The van der Waals surface area contributed by atoms with Crippen LogP contribution in [-0.4, -0.2) is 21.9 Å². The molecule has 0 spiro atoms. The van der Waals surface area contributed by atoms with Gasteiger partial charge < -0.3 is 16.0 Å². The SMILES string of the molecule is CC1(C(=O)Nc2ccc(-c3cnc[nH]3)cc2)CCCC1N. The molecule has 0 aliphatic heterocycles. The van der Waals surface area contributed by atoms with Crippen molar-refractivity contribution in [1.29, 1.82) is 0 Å². The van der Waals surface area contributed by atoms with Crippen LogP contribution in [0.1, 0.15) is 26.2 Å². The second-order valence-corrected chi connectivity index (χ2v) is 5.91. The Bertz CT molecular complexity index is 620. The molecule has 21 heavy (non-hydrogen) atoms. The molecule has 1 heterocycles. The summed E-state index contributed by atoms with van der Waals surface area (Å²) in [6, 6.07) is 7.66. The molecular weight excluding hydrogens is 264 g/mol. The van der Waals surface area contributed by atoms with Crippen molar-refractivity contribution >= 4 is 11.6 Å². The maximum Gasteiger partial charge on any atom is 0.231 e. The average Bonchev–Trinajstić information content (AvgIpc) is 3.12. The molecule has 1 aromatic heterocycles. The van der Waals surface area contributed by atoms with Crippen LogP contribution in [0.4, 0.5) is 5.69 Å². The smallest absolute Gasteiger partial charge is 0.231 e. The van der Waals surface area contributed by atoms with Crippen molar-refractivity contribution < 1.29 is 4.79 Å². The number of rotatable bonds is 3. The molecule has 1 fully saturated rings. The second-order valence-electron chi connectivity index (χ2n) is 5.91. The van der Waals surface area contributed by atoms with Gasteiger partial charge >= 0.3 is 0 Å². The van der Waals surface area contributed by atoms with Gasteiger partial charge in [-0.3, -0.25) is 4.79 Å². The van der Waals surface area contributed by atoms with Gasteiger partial charge in [-0.2, -0.15) is 0 Å². The third-order valence-electron chi connectivity index (χ3n) is 4.50. The molecule has 1 aliphatic rings. The zero-order valence-corrected chi connectivity index (χ0v) is 12.1. The Balaban J connectivity index is 1.72. The van der Waals surface area contributed by atoms with Gasteiger partial charge in [-0.15, -0.1) is 0 Å². The Morgan fingerprint density at radius 3 is 2.76 bits per heavy atom. The maximum atomic E-state index is 12.5. The molecule has 4 N–H and O–H groups in total. The van der Waals surface area contributed by atoms with E-state index in [1.807, 2.05) is 31.2 Å².